The third-order valence-electron chi connectivity index (χ3n) is 11.4. The van der Waals surface area contributed by atoms with Gasteiger partial charge in [0.1, 0.15) is 0 Å². The standard InChI is InChI=1S/C28H49N3/c1-19(2)8-7-9-20(3)23-12-13-24-22-11-10-21-18-26(4,30-31-29)16-17-27(21,5)25(22)14-15-28(23,24)6/h19-25H,7-18H2,1-6H3/t20-,21+,22+,23-,24+,25+,26?,27+,28-/m0/s1. The molecule has 1 unspecified atom stereocenters. The first-order valence-electron chi connectivity index (χ1n) is 13.7. The molecule has 3 heteroatoms. The molecule has 176 valence electrons. The Balaban J connectivity index is 1.47. The highest BCUT2D eigenvalue weighted by Gasteiger charge is 2.61. The van der Waals surface area contributed by atoms with Gasteiger partial charge in [-0.3, -0.25) is 0 Å². The lowest BCUT2D eigenvalue weighted by Gasteiger charge is -2.62. The van der Waals surface area contributed by atoms with Gasteiger partial charge in [0, 0.05) is 10.5 Å². The predicted molar refractivity (Wildman–Crippen MR) is 131 cm³/mol. The first-order chi connectivity index (χ1) is 14.6. The zero-order chi connectivity index (χ0) is 22.4. The van der Waals surface area contributed by atoms with E-state index in [4.69, 9.17) is 5.53 Å². The lowest BCUT2D eigenvalue weighted by Crippen LogP contribution is -2.55. The van der Waals surface area contributed by atoms with Crippen LogP contribution in [0.4, 0.5) is 0 Å². The Morgan fingerprint density at radius 3 is 2.32 bits per heavy atom. The van der Waals surface area contributed by atoms with E-state index in [0.29, 0.717) is 10.8 Å². The van der Waals surface area contributed by atoms with Crippen molar-refractivity contribution in [3.8, 4) is 0 Å². The van der Waals surface area contributed by atoms with Gasteiger partial charge in [-0.1, -0.05) is 65.9 Å². The van der Waals surface area contributed by atoms with Crippen molar-refractivity contribution in [1.82, 2.24) is 0 Å². The molecule has 4 fully saturated rings. The van der Waals surface area contributed by atoms with Crippen LogP contribution in [0.3, 0.4) is 0 Å². The van der Waals surface area contributed by atoms with E-state index in [1.54, 1.807) is 0 Å². The number of nitrogens with zero attached hydrogens (tertiary/aromatic N) is 3. The van der Waals surface area contributed by atoms with E-state index in [9.17, 15) is 0 Å². The minimum Gasteiger partial charge on any atom is -0.0875 e. The van der Waals surface area contributed by atoms with Crippen LogP contribution in [0.2, 0.25) is 0 Å². The van der Waals surface area contributed by atoms with Crippen LogP contribution >= 0.6 is 0 Å². The molecule has 4 saturated carbocycles. The first-order valence-corrected chi connectivity index (χ1v) is 13.7. The maximum atomic E-state index is 9.07. The Hall–Kier alpha value is -0.690. The van der Waals surface area contributed by atoms with Crippen molar-refractivity contribution in [2.24, 2.45) is 57.4 Å². The van der Waals surface area contributed by atoms with Crippen molar-refractivity contribution in [2.45, 2.75) is 124 Å². The van der Waals surface area contributed by atoms with Crippen molar-refractivity contribution in [3.05, 3.63) is 10.4 Å². The number of rotatable bonds is 6. The second-order valence-electron chi connectivity index (χ2n) is 13.6. The highest BCUT2D eigenvalue weighted by Crippen LogP contribution is 2.69. The summed E-state index contributed by atoms with van der Waals surface area (Å²) < 4.78 is 0. The van der Waals surface area contributed by atoms with E-state index in [0.717, 1.165) is 54.3 Å². The number of azide groups is 1. The summed E-state index contributed by atoms with van der Waals surface area (Å²) in [7, 11) is 0. The first kappa shape index (κ1) is 23.5. The lowest BCUT2D eigenvalue weighted by atomic mass is 9.43. The molecular formula is C28H49N3. The molecule has 31 heavy (non-hydrogen) atoms. The lowest BCUT2D eigenvalue weighted by molar-refractivity contribution is -0.122. The van der Waals surface area contributed by atoms with Crippen LogP contribution in [0.25, 0.3) is 10.4 Å². The van der Waals surface area contributed by atoms with E-state index in [-0.39, 0.29) is 5.54 Å². The molecule has 0 aromatic carbocycles. The van der Waals surface area contributed by atoms with Crippen LogP contribution in [0, 0.1) is 52.3 Å². The Bertz CT molecular complexity index is 696. The van der Waals surface area contributed by atoms with Crippen molar-refractivity contribution in [2.75, 3.05) is 0 Å². The number of hydrogen-bond acceptors (Lipinski definition) is 1. The van der Waals surface area contributed by atoms with Crippen LogP contribution in [-0.4, -0.2) is 5.54 Å². The molecule has 0 spiro atoms. The van der Waals surface area contributed by atoms with E-state index in [2.05, 4.69) is 51.6 Å². The molecule has 0 N–H and O–H groups in total. The molecule has 0 saturated heterocycles. The fourth-order valence-corrected chi connectivity index (χ4v) is 9.65. The topological polar surface area (TPSA) is 48.8 Å². The maximum Gasteiger partial charge on any atom is 0.0463 e. The summed E-state index contributed by atoms with van der Waals surface area (Å²) in [6.07, 6.45) is 16.5. The Kier molecular flexibility index (Phi) is 6.50. The molecule has 9 atom stereocenters. The van der Waals surface area contributed by atoms with Gasteiger partial charge in [-0.2, -0.15) is 0 Å². The normalized spacial score (nSPS) is 47.8. The summed E-state index contributed by atoms with van der Waals surface area (Å²) in [4.78, 5) is 3.21. The van der Waals surface area contributed by atoms with Crippen LogP contribution in [0.15, 0.2) is 5.11 Å². The van der Waals surface area contributed by atoms with Gasteiger partial charge >= 0.3 is 0 Å². The minimum atomic E-state index is -0.140. The van der Waals surface area contributed by atoms with E-state index in [1.807, 2.05) is 0 Å². The molecule has 0 bridgehead atoms. The molecule has 0 aromatic rings. The van der Waals surface area contributed by atoms with Gasteiger partial charge in [-0.15, -0.1) is 0 Å². The quantitative estimate of drug-likeness (QED) is 0.230. The predicted octanol–water partition coefficient (Wildman–Crippen LogP) is 9.18. The molecule has 4 aliphatic rings. The van der Waals surface area contributed by atoms with Gasteiger partial charge in [0.2, 0.25) is 0 Å². The molecule has 4 rings (SSSR count). The van der Waals surface area contributed by atoms with Gasteiger partial charge in [0.05, 0.1) is 0 Å². The summed E-state index contributed by atoms with van der Waals surface area (Å²) in [6, 6.07) is 0. The zero-order valence-corrected chi connectivity index (χ0v) is 21.4. The SMILES string of the molecule is CC(C)CCC[C@H](C)[C@@H]1CC[C@@H]2[C@H]3CC[C@@H]4CC(C)(N=[N+]=[N-])CC[C@@]4(C)[C@@H]3CC[C@]21C. The summed E-state index contributed by atoms with van der Waals surface area (Å²) in [5, 5.41) is 4.25. The Labute approximate surface area is 192 Å². The van der Waals surface area contributed by atoms with E-state index in [1.165, 1.54) is 64.2 Å². The monoisotopic (exact) mass is 427 g/mol. The van der Waals surface area contributed by atoms with Gasteiger partial charge in [0.25, 0.3) is 0 Å². The van der Waals surface area contributed by atoms with Gasteiger partial charge < -0.3 is 0 Å². The average molecular weight is 428 g/mol. The average Bonchev–Trinajstić information content (AvgIpc) is 3.06. The van der Waals surface area contributed by atoms with Crippen LogP contribution in [0.5, 0.6) is 0 Å². The van der Waals surface area contributed by atoms with E-state index >= 15 is 0 Å². The highest BCUT2D eigenvalue weighted by molar-refractivity contribution is 5.11. The summed E-state index contributed by atoms with van der Waals surface area (Å²) in [5.74, 6) is 6.29. The van der Waals surface area contributed by atoms with Gasteiger partial charge in [-0.05, 0) is 116 Å². The summed E-state index contributed by atoms with van der Waals surface area (Å²) in [6.45, 7) is 14.9. The van der Waals surface area contributed by atoms with Crippen molar-refractivity contribution >= 4 is 0 Å². The summed E-state index contributed by atoms with van der Waals surface area (Å²) >= 11 is 0. The third kappa shape index (κ3) is 4.07. The second-order valence-corrected chi connectivity index (χ2v) is 13.6. The fourth-order valence-electron chi connectivity index (χ4n) is 9.65. The third-order valence-corrected chi connectivity index (χ3v) is 11.4. The molecule has 0 amide bonds. The molecule has 4 aliphatic carbocycles. The fraction of sp³-hybridized carbons (Fsp3) is 1.00. The number of hydrogen-bond donors (Lipinski definition) is 0. The molecular weight excluding hydrogens is 378 g/mol. The van der Waals surface area contributed by atoms with Gasteiger partial charge in [-0.25, -0.2) is 0 Å². The smallest absolute Gasteiger partial charge is 0.0463 e. The number of fused-ring (bicyclic) bond motifs is 5. The minimum absolute atomic E-state index is 0.140. The largest absolute Gasteiger partial charge is 0.0875 e. The van der Waals surface area contributed by atoms with Crippen LogP contribution < -0.4 is 0 Å². The van der Waals surface area contributed by atoms with Crippen LogP contribution in [0.1, 0.15) is 119 Å². The van der Waals surface area contributed by atoms with Crippen molar-refractivity contribution in [1.29, 1.82) is 0 Å². The van der Waals surface area contributed by atoms with E-state index < -0.39 is 0 Å². The highest BCUT2D eigenvalue weighted by atomic mass is 15.2. The second kappa shape index (κ2) is 8.58. The Morgan fingerprint density at radius 1 is 0.871 bits per heavy atom. The van der Waals surface area contributed by atoms with Gasteiger partial charge in [0.15, 0.2) is 0 Å². The van der Waals surface area contributed by atoms with Crippen LogP contribution in [-0.2, 0) is 0 Å². The zero-order valence-electron chi connectivity index (χ0n) is 21.4. The molecule has 3 nitrogen and oxygen atoms in total. The Morgan fingerprint density at radius 2 is 1.61 bits per heavy atom. The van der Waals surface area contributed by atoms with Crippen molar-refractivity contribution < 1.29 is 0 Å². The molecule has 0 aromatic heterocycles. The maximum absolute atomic E-state index is 9.07. The summed E-state index contributed by atoms with van der Waals surface area (Å²) in [5.41, 5.74) is 10.0. The molecule has 0 heterocycles. The van der Waals surface area contributed by atoms with Crippen molar-refractivity contribution in [3.63, 3.8) is 0 Å². The molecule has 0 aliphatic heterocycles. The molecule has 0 radical (unpaired) electrons.